The van der Waals surface area contributed by atoms with Crippen molar-refractivity contribution in [2.24, 2.45) is 0 Å². The van der Waals surface area contributed by atoms with Crippen molar-refractivity contribution in [3.8, 4) is 0 Å². The molecule has 0 aliphatic rings. The van der Waals surface area contributed by atoms with E-state index in [4.69, 9.17) is 10.2 Å². The van der Waals surface area contributed by atoms with E-state index < -0.39 is 18.0 Å². The van der Waals surface area contributed by atoms with E-state index >= 15 is 0 Å². The quantitative estimate of drug-likeness (QED) is 0.286. The van der Waals surface area contributed by atoms with E-state index in [1.165, 1.54) is 51.4 Å². The van der Waals surface area contributed by atoms with Gasteiger partial charge in [-0.05, 0) is 19.4 Å². The topological polar surface area (TPSA) is 86.6 Å². The van der Waals surface area contributed by atoms with Crippen molar-refractivity contribution in [2.45, 2.75) is 90.0 Å². The predicted octanol–water partition coefficient (Wildman–Crippen LogP) is 0.819. The van der Waals surface area contributed by atoms with Gasteiger partial charge in [0.05, 0.1) is 0 Å². The van der Waals surface area contributed by atoms with E-state index in [1.807, 2.05) is 0 Å². The molecule has 0 aliphatic carbocycles. The van der Waals surface area contributed by atoms with Crippen LogP contribution in [-0.4, -0.2) is 34.7 Å². The molecule has 0 rings (SSSR count). The fourth-order valence-electron chi connectivity index (χ4n) is 2.47. The summed E-state index contributed by atoms with van der Waals surface area (Å²) in [6.07, 6.45) is 12.5. The Morgan fingerprint density at radius 1 is 0.870 bits per heavy atom. The fourth-order valence-corrected chi connectivity index (χ4v) is 2.47. The zero-order valence-electron chi connectivity index (χ0n) is 15.0. The van der Waals surface area contributed by atoms with Gasteiger partial charge in [-0.15, -0.1) is 0 Å². The number of hydrogen-bond donors (Lipinski definition) is 3. The molecule has 130 valence electrons. The molecule has 0 aromatic carbocycles. The molecule has 0 spiro atoms. The summed E-state index contributed by atoms with van der Waals surface area (Å²) in [4.78, 5) is 21.4. The minimum absolute atomic E-state index is 0. The van der Waals surface area contributed by atoms with Gasteiger partial charge in [-0.25, -0.2) is 0 Å². The smallest absolute Gasteiger partial charge is 0.481 e. The van der Waals surface area contributed by atoms with Gasteiger partial charge in [0.15, 0.2) is 0 Å². The maximum Gasteiger partial charge on any atom is 1.00 e. The minimum atomic E-state index is -0.965. The zero-order chi connectivity index (χ0) is 16.6. The average Bonchev–Trinajstić information content (AvgIpc) is 2.47. The third kappa shape index (κ3) is 18.1. The summed E-state index contributed by atoms with van der Waals surface area (Å²) in [7, 11) is 0. The van der Waals surface area contributed by atoms with Crippen LogP contribution in [0.15, 0.2) is 0 Å². The Hall–Kier alpha value is -0.100. The molecule has 1 atom stereocenters. The van der Waals surface area contributed by atoms with Gasteiger partial charge in [0.2, 0.25) is 0 Å². The third-order valence-electron chi connectivity index (χ3n) is 3.87. The standard InChI is InChI=1S/C17H33NO4.Na/c1-2-3-4-5-6-7-8-9-10-11-14-18-15(17(21)22)12-13-16(19)20;/h15,18H,2-14H2,1H3,(H,19,20)(H,21,22);/q;+1. The molecule has 0 amide bonds. The molecule has 5 nitrogen and oxygen atoms in total. The first-order chi connectivity index (χ1) is 10.6. The van der Waals surface area contributed by atoms with Crippen molar-refractivity contribution in [3.63, 3.8) is 0 Å². The Balaban J connectivity index is 0. The Morgan fingerprint density at radius 2 is 1.35 bits per heavy atom. The molecule has 3 N–H and O–H groups in total. The summed E-state index contributed by atoms with van der Waals surface area (Å²) in [5.74, 6) is -1.92. The van der Waals surface area contributed by atoms with E-state index in [0.717, 1.165) is 12.8 Å². The second kappa shape index (κ2) is 18.2. The van der Waals surface area contributed by atoms with Gasteiger partial charge in [0.25, 0.3) is 0 Å². The molecular weight excluding hydrogens is 305 g/mol. The Bertz CT molecular complexity index is 300. The Morgan fingerprint density at radius 3 is 1.78 bits per heavy atom. The minimum Gasteiger partial charge on any atom is -0.481 e. The SMILES string of the molecule is CCCCCCCCCCCCNC(CCC(=O)O)C(=O)O.[Na+]. The summed E-state index contributed by atoms with van der Waals surface area (Å²) in [6.45, 7) is 2.87. The largest absolute Gasteiger partial charge is 1.00 e. The van der Waals surface area contributed by atoms with Crippen molar-refractivity contribution in [1.82, 2.24) is 5.32 Å². The van der Waals surface area contributed by atoms with E-state index in [0.29, 0.717) is 6.54 Å². The third-order valence-corrected chi connectivity index (χ3v) is 3.87. The normalized spacial score (nSPS) is 11.7. The molecule has 0 aromatic rings. The van der Waals surface area contributed by atoms with Crippen LogP contribution in [0.2, 0.25) is 0 Å². The molecule has 1 unspecified atom stereocenters. The number of hydrogen-bond acceptors (Lipinski definition) is 3. The number of carboxylic acids is 2. The summed E-state index contributed by atoms with van der Waals surface area (Å²) in [5.41, 5.74) is 0. The first kappa shape index (κ1) is 25.1. The van der Waals surface area contributed by atoms with Crippen LogP contribution in [0.5, 0.6) is 0 Å². The van der Waals surface area contributed by atoms with Crippen LogP contribution in [0.1, 0.15) is 84.0 Å². The van der Waals surface area contributed by atoms with E-state index in [9.17, 15) is 9.59 Å². The molecule has 0 fully saturated rings. The van der Waals surface area contributed by atoms with Crippen LogP contribution in [0.25, 0.3) is 0 Å². The van der Waals surface area contributed by atoms with Crippen molar-refractivity contribution < 1.29 is 49.4 Å². The molecule has 0 aliphatic heterocycles. The molecule has 0 heterocycles. The van der Waals surface area contributed by atoms with Crippen LogP contribution in [0, 0.1) is 0 Å². The Kier molecular flexibility index (Phi) is 19.9. The molecule has 6 heteroatoms. The summed E-state index contributed by atoms with van der Waals surface area (Å²) in [6, 6.07) is -0.741. The summed E-state index contributed by atoms with van der Waals surface area (Å²) >= 11 is 0. The monoisotopic (exact) mass is 338 g/mol. The van der Waals surface area contributed by atoms with Gasteiger partial charge in [0.1, 0.15) is 6.04 Å². The van der Waals surface area contributed by atoms with Gasteiger partial charge in [0, 0.05) is 6.42 Å². The number of carbonyl (C=O) groups is 2. The first-order valence-corrected chi connectivity index (χ1v) is 8.76. The summed E-state index contributed by atoms with van der Waals surface area (Å²) < 4.78 is 0. The van der Waals surface area contributed by atoms with Crippen LogP contribution < -0.4 is 34.9 Å². The maximum atomic E-state index is 11.0. The second-order valence-corrected chi connectivity index (χ2v) is 5.96. The van der Waals surface area contributed by atoms with Crippen LogP contribution >= 0.6 is 0 Å². The van der Waals surface area contributed by atoms with E-state index in [2.05, 4.69) is 12.2 Å². The Labute approximate surface area is 162 Å². The zero-order valence-corrected chi connectivity index (χ0v) is 17.0. The van der Waals surface area contributed by atoms with Gasteiger partial charge < -0.3 is 15.5 Å². The number of unbranched alkanes of at least 4 members (excludes halogenated alkanes) is 9. The van der Waals surface area contributed by atoms with Gasteiger partial charge in [-0.2, -0.15) is 0 Å². The first-order valence-electron chi connectivity index (χ1n) is 8.76. The van der Waals surface area contributed by atoms with Gasteiger partial charge in [-0.3, -0.25) is 9.59 Å². The number of aliphatic carboxylic acids is 2. The molecule has 0 bridgehead atoms. The van der Waals surface area contributed by atoms with Crippen molar-refractivity contribution >= 4 is 11.9 Å². The second-order valence-electron chi connectivity index (χ2n) is 5.96. The van der Waals surface area contributed by atoms with Crippen molar-refractivity contribution in [2.75, 3.05) is 6.54 Å². The molecule has 23 heavy (non-hydrogen) atoms. The predicted molar refractivity (Wildman–Crippen MR) is 88.1 cm³/mol. The fraction of sp³-hybridized carbons (Fsp3) is 0.882. The maximum absolute atomic E-state index is 11.0. The van der Waals surface area contributed by atoms with Crippen LogP contribution in [0.3, 0.4) is 0 Å². The molecular formula is C17H33NNaO4+. The molecule has 0 saturated heterocycles. The van der Waals surface area contributed by atoms with E-state index in [-0.39, 0.29) is 42.4 Å². The number of carboxylic acid groups (broad SMARTS) is 2. The van der Waals surface area contributed by atoms with Crippen LogP contribution in [0.4, 0.5) is 0 Å². The summed E-state index contributed by atoms with van der Waals surface area (Å²) in [5, 5.41) is 20.5. The van der Waals surface area contributed by atoms with Crippen molar-refractivity contribution in [3.05, 3.63) is 0 Å². The van der Waals surface area contributed by atoms with Gasteiger partial charge >= 0.3 is 41.5 Å². The average molecular weight is 338 g/mol. The van der Waals surface area contributed by atoms with Gasteiger partial charge in [-0.1, -0.05) is 64.7 Å². The molecule has 0 saturated carbocycles. The number of nitrogens with one attached hydrogen (secondary N) is 1. The molecule has 0 radical (unpaired) electrons. The molecule has 0 aromatic heterocycles. The van der Waals surface area contributed by atoms with Crippen LogP contribution in [-0.2, 0) is 9.59 Å². The van der Waals surface area contributed by atoms with E-state index in [1.54, 1.807) is 0 Å². The number of rotatable bonds is 16. The van der Waals surface area contributed by atoms with Crippen molar-refractivity contribution in [1.29, 1.82) is 0 Å².